The van der Waals surface area contributed by atoms with E-state index in [1.54, 1.807) is 0 Å². The van der Waals surface area contributed by atoms with Crippen molar-refractivity contribution in [2.75, 3.05) is 0 Å². The van der Waals surface area contributed by atoms with Crippen LogP contribution in [0.15, 0.2) is 42.5 Å². The van der Waals surface area contributed by atoms with Gasteiger partial charge < -0.3 is 5.32 Å². The first-order valence-corrected chi connectivity index (χ1v) is 7.94. The summed E-state index contributed by atoms with van der Waals surface area (Å²) in [7, 11) is 0. The highest BCUT2D eigenvalue weighted by Crippen LogP contribution is 2.17. The first kappa shape index (κ1) is 16.6. The molecule has 0 heterocycles. The molecule has 0 aromatic heterocycles. The first-order valence-electron chi connectivity index (χ1n) is 7.56. The van der Waals surface area contributed by atoms with E-state index in [0.717, 1.165) is 22.6 Å². The lowest BCUT2D eigenvalue weighted by molar-refractivity contribution is -0.121. The van der Waals surface area contributed by atoms with Crippen molar-refractivity contribution >= 4 is 17.5 Å². The highest BCUT2D eigenvalue weighted by atomic mass is 35.5. The molecular formula is C19H22ClNO. The minimum absolute atomic E-state index is 0.0250. The highest BCUT2D eigenvalue weighted by Gasteiger charge is 2.10. The molecule has 22 heavy (non-hydrogen) atoms. The van der Waals surface area contributed by atoms with Crippen LogP contribution in [0.4, 0.5) is 0 Å². The summed E-state index contributed by atoms with van der Waals surface area (Å²) in [5, 5.41) is 3.78. The third-order valence-electron chi connectivity index (χ3n) is 3.96. The molecule has 0 aliphatic rings. The third kappa shape index (κ3) is 4.60. The molecule has 0 fully saturated rings. The number of halogens is 1. The molecule has 1 amide bonds. The summed E-state index contributed by atoms with van der Waals surface area (Å²) < 4.78 is 0. The van der Waals surface area contributed by atoms with E-state index in [1.807, 2.05) is 31.2 Å². The molecule has 0 spiro atoms. The maximum absolute atomic E-state index is 12.1. The predicted molar refractivity (Wildman–Crippen MR) is 92.2 cm³/mol. The van der Waals surface area contributed by atoms with Crippen molar-refractivity contribution in [1.82, 2.24) is 5.32 Å². The van der Waals surface area contributed by atoms with E-state index in [2.05, 4.69) is 37.4 Å². The molecule has 2 aromatic carbocycles. The van der Waals surface area contributed by atoms with E-state index >= 15 is 0 Å². The Labute approximate surface area is 137 Å². The van der Waals surface area contributed by atoms with Crippen LogP contribution in [0, 0.1) is 13.8 Å². The van der Waals surface area contributed by atoms with Crippen LogP contribution in [0.5, 0.6) is 0 Å². The van der Waals surface area contributed by atoms with Crippen molar-refractivity contribution < 1.29 is 4.79 Å². The van der Waals surface area contributed by atoms with Crippen LogP contribution in [0.25, 0.3) is 0 Å². The summed E-state index contributed by atoms with van der Waals surface area (Å²) in [6, 6.07) is 14.0. The lowest BCUT2D eigenvalue weighted by atomic mass is 10.0. The second-order valence-corrected chi connectivity index (χ2v) is 6.20. The average Bonchev–Trinajstić information content (AvgIpc) is 2.49. The van der Waals surface area contributed by atoms with E-state index in [-0.39, 0.29) is 11.9 Å². The molecule has 1 N–H and O–H groups in total. The van der Waals surface area contributed by atoms with Crippen molar-refractivity contribution in [3.63, 3.8) is 0 Å². The maximum atomic E-state index is 12.1. The molecule has 0 bridgehead atoms. The van der Waals surface area contributed by atoms with Gasteiger partial charge in [0.1, 0.15) is 0 Å². The van der Waals surface area contributed by atoms with Gasteiger partial charge >= 0.3 is 0 Å². The normalized spacial score (nSPS) is 12.0. The van der Waals surface area contributed by atoms with E-state index in [1.165, 1.54) is 11.1 Å². The van der Waals surface area contributed by atoms with Gasteiger partial charge in [0.15, 0.2) is 0 Å². The standard InChI is InChI=1S/C19H22ClNO/c1-13-4-8-17(12-14(13)2)15(3)21-19(22)11-7-16-5-9-18(20)10-6-16/h4-6,8-10,12,15H,7,11H2,1-3H3,(H,21,22). The van der Waals surface area contributed by atoms with Gasteiger partial charge in [0.05, 0.1) is 6.04 Å². The number of nitrogens with one attached hydrogen (secondary N) is 1. The van der Waals surface area contributed by atoms with Crippen molar-refractivity contribution in [2.24, 2.45) is 0 Å². The molecule has 116 valence electrons. The first-order chi connectivity index (χ1) is 10.5. The van der Waals surface area contributed by atoms with Crippen LogP contribution in [-0.4, -0.2) is 5.91 Å². The fraction of sp³-hybridized carbons (Fsp3) is 0.316. The zero-order valence-electron chi connectivity index (χ0n) is 13.3. The Morgan fingerprint density at radius 2 is 1.77 bits per heavy atom. The summed E-state index contributed by atoms with van der Waals surface area (Å²) >= 11 is 5.86. The van der Waals surface area contributed by atoms with Crippen LogP contribution in [0.3, 0.4) is 0 Å². The molecule has 0 radical (unpaired) electrons. The zero-order valence-corrected chi connectivity index (χ0v) is 14.1. The molecule has 1 atom stereocenters. The molecule has 0 aliphatic heterocycles. The van der Waals surface area contributed by atoms with Gasteiger partial charge in [0.2, 0.25) is 5.91 Å². The van der Waals surface area contributed by atoms with Gasteiger partial charge in [-0.25, -0.2) is 0 Å². The van der Waals surface area contributed by atoms with Gasteiger partial charge in [0.25, 0.3) is 0 Å². The lowest BCUT2D eigenvalue weighted by Crippen LogP contribution is -2.26. The second kappa shape index (κ2) is 7.46. The number of aryl methyl sites for hydroxylation is 3. The quantitative estimate of drug-likeness (QED) is 0.846. The molecule has 0 saturated carbocycles. The van der Waals surface area contributed by atoms with Gasteiger partial charge in [-0.05, 0) is 61.6 Å². The van der Waals surface area contributed by atoms with E-state index in [4.69, 9.17) is 11.6 Å². The number of rotatable bonds is 5. The van der Waals surface area contributed by atoms with Crippen molar-refractivity contribution in [3.8, 4) is 0 Å². The molecule has 3 heteroatoms. The highest BCUT2D eigenvalue weighted by molar-refractivity contribution is 6.30. The van der Waals surface area contributed by atoms with Crippen LogP contribution >= 0.6 is 11.6 Å². The van der Waals surface area contributed by atoms with Crippen LogP contribution in [0.1, 0.15) is 41.6 Å². The van der Waals surface area contributed by atoms with Gasteiger partial charge in [-0.2, -0.15) is 0 Å². The molecule has 1 unspecified atom stereocenters. The lowest BCUT2D eigenvalue weighted by Gasteiger charge is -2.15. The Kier molecular flexibility index (Phi) is 5.62. The van der Waals surface area contributed by atoms with Gasteiger partial charge in [0, 0.05) is 11.4 Å². The number of amides is 1. The Morgan fingerprint density at radius 1 is 1.09 bits per heavy atom. The number of hydrogen-bond donors (Lipinski definition) is 1. The Balaban J connectivity index is 1.88. The molecule has 2 rings (SSSR count). The van der Waals surface area contributed by atoms with E-state index in [9.17, 15) is 4.79 Å². The van der Waals surface area contributed by atoms with E-state index < -0.39 is 0 Å². The predicted octanol–water partition coefficient (Wildman–Crippen LogP) is 4.77. The number of carbonyl (C=O) groups is 1. The summed E-state index contributed by atoms with van der Waals surface area (Å²) in [4.78, 5) is 12.1. The van der Waals surface area contributed by atoms with Gasteiger partial charge in [-0.3, -0.25) is 4.79 Å². The summed E-state index contributed by atoms with van der Waals surface area (Å²) in [5.41, 5.74) is 4.78. The smallest absolute Gasteiger partial charge is 0.220 e. The molecule has 0 saturated heterocycles. The topological polar surface area (TPSA) is 29.1 Å². The fourth-order valence-corrected chi connectivity index (χ4v) is 2.47. The second-order valence-electron chi connectivity index (χ2n) is 5.76. The van der Waals surface area contributed by atoms with E-state index in [0.29, 0.717) is 6.42 Å². The summed E-state index contributed by atoms with van der Waals surface area (Å²) in [6.07, 6.45) is 1.21. The number of hydrogen-bond acceptors (Lipinski definition) is 1. The van der Waals surface area contributed by atoms with Crippen LogP contribution in [-0.2, 0) is 11.2 Å². The Hall–Kier alpha value is -1.80. The Bertz CT molecular complexity index is 649. The Morgan fingerprint density at radius 3 is 2.41 bits per heavy atom. The third-order valence-corrected chi connectivity index (χ3v) is 4.21. The molecule has 2 nitrogen and oxygen atoms in total. The summed E-state index contributed by atoms with van der Waals surface area (Å²) in [5.74, 6) is 0.0701. The minimum atomic E-state index is 0.0250. The fourth-order valence-electron chi connectivity index (χ4n) is 2.34. The van der Waals surface area contributed by atoms with Crippen LogP contribution in [0.2, 0.25) is 5.02 Å². The maximum Gasteiger partial charge on any atom is 0.220 e. The van der Waals surface area contributed by atoms with Crippen molar-refractivity contribution in [1.29, 1.82) is 0 Å². The molecular weight excluding hydrogens is 294 g/mol. The average molecular weight is 316 g/mol. The zero-order chi connectivity index (χ0) is 16.1. The minimum Gasteiger partial charge on any atom is -0.350 e. The largest absolute Gasteiger partial charge is 0.350 e. The number of carbonyl (C=O) groups excluding carboxylic acids is 1. The van der Waals surface area contributed by atoms with Gasteiger partial charge in [-0.1, -0.05) is 41.9 Å². The van der Waals surface area contributed by atoms with Crippen molar-refractivity contribution in [3.05, 3.63) is 69.7 Å². The van der Waals surface area contributed by atoms with Crippen molar-refractivity contribution in [2.45, 2.75) is 39.7 Å². The molecule has 0 aliphatic carbocycles. The monoisotopic (exact) mass is 315 g/mol. The van der Waals surface area contributed by atoms with Gasteiger partial charge in [-0.15, -0.1) is 0 Å². The van der Waals surface area contributed by atoms with Crippen LogP contribution < -0.4 is 5.32 Å². The molecule has 2 aromatic rings. The SMILES string of the molecule is Cc1ccc(C(C)NC(=O)CCc2ccc(Cl)cc2)cc1C. The summed E-state index contributed by atoms with van der Waals surface area (Å²) in [6.45, 7) is 6.20. The number of benzene rings is 2.